The van der Waals surface area contributed by atoms with Crippen LogP contribution >= 0.6 is 0 Å². The molecule has 1 atom stereocenters. The highest BCUT2D eigenvalue weighted by molar-refractivity contribution is 5.83. The van der Waals surface area contributed by atoms with Crippen LogP contribution in [0, 0.1) is 0 Å². The first kappa shape index (κ1) is 16.3. The lowest BCUT2D eigenvalue weighted by molar-refractivity contribution is 0.174. The van der Waals surface area contributed by atoms with Crippen LogP contribution in [0.25, 0.3) is 10.8 Å². The van der Waals surface area contributed by atoms with Crippen LogP contribution in [0.3, 0.4) is 0 Å². The third kappa shape index (κ3) is 3.67. The van der Waals surface area contributed by atoms with Crippen molar-refractivity contribution in [1.29, 1.82) is 0 Å². The summed E-state index contributed by atoms with van der Waals surface area (Å²) in [7, 11) is 1.52. The first-order valence-electron chi connectivity index (χ1n) is 7.91. The average Bonchev–Trinajstić information content (AvgIpc) is 2.61. The maximum atomic E-state index is 10.4. The van der Waals surface area contributed by atoms with Crippen molar-refractivity contribution >= 4 is 10.8 Å². The first-order valence-corrected chi connectivity index (χ1v) is 7.91. The molecule has 0 radical (unpaired) electrons. The summed E-state index contributed by atoms with van der Waals surface area (Å²) in [5.41, 5.74) is 1.82. The number of benzene rings is 3. The molecule has 0 fully saturated rings. The number of ether oxygens (including phenoxy) is 1. The van der Waals surface area contributed by atoms with E-state index in [4.69, 9.17) is 4.74 Å². The van der Waals surface area contributed by atoms with Gasteiger partial charge >= 0.3 is 0 Å². The van der Waals surface area contributed by atoms with Crippen molar-refractivity contribution in [2.75, 3.05) is 13.7 Å². The molecule has 1 unspecified atom stereocenters. The minimum Gasteiger partial charge on any atom is -0.504 e. The summed E-state index contributed by atoms with van der Waals surface area (Å²) in [6.45, 7) is 0.993. The van der Waals surface area contributed by atoms with Gasteiger partial charge in [-0.1, -0.05) is 42.5 Å². The van der Waals surface area contributed by atoms with Gasteiger partial charge in [0.2, 0.25) is 0 Å². The molecule has 0 saturated heterocycles. The van der Waals surface area contributed by atoms with Gasteiger partial charge in [-0.15, -0.1) is 0 Å². The summed E-state index contributed by atoms with van der Waals surface area (Å²) in [4.78, 5) is 0. The summed E-state index contributed by atoms with van der Waals surface area (Å²) in [5.74, 6) is 0.571. The fourth-order valence-electron chi connectivity index (χ4n) is 2.73. The third-order valence-corrected chi connectivity index (χ3v) is 4.07. The number of phenolic OH excluding ortho intramolecular Hbond substituents is 1. The van der Waals surface area contributed by atoms with Crippen molar-refractivity contribution in [3.05, 3.63) is 71.8 Å². The monoisotopic (exact) mass is 323 g/mol. The van der Waals surface area contributed by atoms with Gasteiger partial charge in [0.1, 0.15) is 0 Å². The number of fused-ring (bicyclic) bond motifs is 1. The lowest BCUT2D eigenvalue weighted by atomic mass is 10.0. The SMILES string of the molecule is COc1ccc(CNCC(O)c2ccc3ccccc3c2)cc1O. The van der Waals surface area contributed by atoms with E-state index in [9.17, 15) is 10.2 Å². The Kier molecular flexibility index (Phi) is 4.99. The highest BCUT2D eigenvalue weighted by atomic mass is 16.5. The molecule has 3 aromatic carbocycles. The van der Waals surface area contributed by atoms with Crippen molar-refractivity contribution in [2.24, 2.45) is 0 Å². The minimum atomic E-state index is -0.582. The molecule has 0 bridgehead atoms. The summed E-state index contributed by atoms with van der Waals surface area (Å²) >= 11 is 0. The molecule has 3 rings (SSSR count). The second kappa shape index (κ2) is 7.34. The molecule has 4 heteroatoms. The molecular weight excluding hydrogens is 302 g/mol. The summed E-state index contributed by atoms with van der Waals surface area (Å²) in [6.07, 6.45) is -0.582. The molecule has 0 aliphatic heterocycles. The Morgan fingerprint density at radius 3 is 2.54 bits per heavy atom. The van der Waals surface area contributed by atoms with Crippen molar-refractivity contribution in [2.45, 2.75) is 12.6 Å². The molecule has 0 aromatic heterocycles. The smallest absolute Gasteiger partial charge is 0.160 e. The number of nitrogens with one attached hydrogen (secondary N) is 1. The molecule has 3 aromatic rings. The van der Waals surface area contributed by atoms with Crippen LogP contribution in [0.15, 0.2) is 60.7 Å². The molecule has 0 heterocycles. The lowest BCUT2D eigenvalue weighted by Crippen LogP contribution is -2.21. The van der Waals surface area contributed by atoms with Crippen molar-refractivity contribution in [3.63, 3.8) is 0 Å². The van der Waals surface area contributed by atoms with Crippen LogP contribution in [-0.2, 0) is 6.54 Å². The Hall–Kier alpha value is -2.56. The predicted octanol–water partition coefficient (Wildman–Crippen LogP) is 3.38. The number of phenols is 1. The molecule has 0 spiro atoms. The van der Waals surface area contributed by atoms with Crippen LogP contribution in [0.2, 0.25) is 0 Å². The van der Waals surface area contributed by atoms with Crippen LogP contribution in [0.1, 0.15) is 17.2 Å². The van der Waals surface area contributed by atoms with Gasteiger partial charge < -0.3 is 20.3 Å². The Morgan fingerprint density at radius 2 is 1.79 bits per heavy atom. The van der Waals surface area contributed by atoms with E-state index in [1.807, 2.05) is 42.5 Å². The maximum absolute atomic E-state index is 10.4. The number of aliphatic hydroxyl groups is 1. The van der Waals surface area contributed by atoms with Gasteiger partial charge in [-0.3, -0.25) is 0 Å². The second-order valence-electron chi connectivity index (χ2n) is 5.76. The number of aromatic hydroxyl groups is 1. The number of hydrogen-bond donors (Lipinski definition) is 3. The highest BCUT2D eigenvalue weighted by Crippen LogP contribution is 2.26. The molecule has 0 aliphatic rings. The van der Waals surface area contributed by atoms with Crippen molar-refractivity contribution in [3.8, 4) is 11.5 Å². The van der Waals surface area contributed by atoms with Crippen LogP contribution in [0.5, 0.6) is 11.5 Å². The van der Waals surface area contributed by atoms with E-state index >= 15 is 0 Å². The van der Waals surface area contributed by atoms with E-state index < -0.39 is 6.10 Å². The van der Waals surface area contributed by atoms with Crippen molar-refractivity contribution in [1.82, 2.24) is 5.32 Å². The van der Waals surface area contributed by atoms with Gasteiger partial charge in [0.25, 0.3) is 0 Å². The number of hydrogen-bond acceptors (Lipinski definition) is 4. The summed E-state index contributed by atoms with van der Waals surface area (Å²) < 4.78 is 5.03. The van der Waals surface area contributed by atoms with Crippen LogP contribution in [0.4, 0.5) is 0 Å². The Morgan fingerprint density at radius 1 is 1.00 bits per heavy atom. The van der Waals surface area contributed by atoms with Gasteiger partial charge in [0, 0.05) is 13.1 Å². The van der Waals surface area contributed by atoms with Gasteiger partial charge in [-0.2, -0.15) is 0 Å². The molecule has 4 nitrogen and oxygen atoms in total. The molecule has 0 aliphatic carbocycles. The molecule has 0 saturated carbocycles. The Balaban J connectivity index is 1.60. The Bertz CT molecular complexity index is 832. The molecular formula is C20H21NO3. The second-order valence-corrected chi connectivity index (χ2v) is 5.76. The number of aliphatic hydroxyl groups excluding tert-OH is 1. The summed E-state index contributed by atoms with van der Waals surface area (Å²) in [6, 6.07) is 19.4. The van der Waals surface area contributed by atoms with E-state index in [1.54, 1.807) is 12.1 Å². The fraction of sp³-hybridized carbons (Fsp3) is 0.200. The normalized spacial score (nSPS) is 12.2. The molecule has 3 N–H and O–H groups in total. The lowest BCUT2D eigenvalue weighted by Gasteiger charge is -2.13. The third-order valence-electron chi connectivity index (χ3n) is 4.07. The van der Waals surface area contributed by atoms with Crippen LogP contribution < -0.4 is 10.1 Å². The maximum Gasteiger partial charge on any atom is 0.160 e. The molecule has 24 heavy (non-hydrogen) atoms. The average molecular weight is 323 g/mol. The van der Waals surface area contributed by atoms with Gasteiger partial charge in [-0.05, 0) is 40.1 Å². The zero-order valence-electron chi connectivity index (χ0n) is 13.6. The van der Waals surface area contributed by atoms with Gasteiger partial charge in [0.15, 0.2) is 11.5 Å². The predicted molar refractivity (Wildman–Crippen MR) is 95.3 cm³/mol. The largest absolute Gasteiger partial charge is 0.504 e. The molecule has 124 valence electrons. The zero-order chi connectivity index (χ0) is 16.9. The van der Waals surface area contributed by atoms with E-state index in [1.165, 1.54) is 7.11 Å². The fourth-order valence-corrected chi connectivity index (χ4v) is 2.73. The van der Waals surface area contributed by atoms with E-state index in [2.05, 4.69) is 11.4 Å². The van der Waals surface area contributed by atoms with E-state index in [0.717, 1.165) is 21.9 Å². The van der Waals surface area contributed by atoms with E-state index in [-0.39, 0.29) is 5.75 Å². The number of rotatable bonds is 6. The summed E-state index contributed by atoms with van der Waals surface area (Å²) in [5, 5.41) is 25.6. The van der Waals surface area contributed by atoms with Gasteiger partial charge in [-0.25, -0.2) is 0 Å². The van der Waals surface area contributed by atoms with E-state index in [0.29, 0.717) is 18.8 Å². The highest BCUT2D eigenvalue weighted by Gasteiger charge is 2.08. The zero-order valence-corrected chi connectivity index (χ0v) is 13.6. The first-order chi connectivity index (χ1) is 11.7. The minimum absolute atomic E-state index is 0.117. The van der Waals surface area contributed by atoms with Crippen molar-refractivity contribution < 1.29 is 14.9 Å². The van der Waals surface area contributed by atoms with Gasteiger partial charge in [0.05, 0.1) is 13.2 Å². The van der Waals surface area contributed by atoms with Crippen LogP contribution in [-0.4, -0.2) is 23.9 Å². The Labute approximate surface area is 141 Å². The molecule has 0 amide bonds. The number of methoxy groups -OCH3 is 1. The quantitative estimate of drug-likeness (QED) is 0.651. The topological polar surface area (TPSA) is 61.7 Å². The standard InChI is InChI=1S/C20H21NO3/c1-24-20-9-6-14(10-18(20)22)12-21-13-19(23)17-8-7-15-4-2-3-5-16(15)11-17/h2-11,19,21-23H,12-13H2,1H3.